The van der Waals surface area contributed by atoms with Crippen molar-refractivity contribution in [1.29, 1.82) is 0 Å². The zero-order chi connectivity index (χ0) is 28.7. The number of nitrogens with zero attached hydrogens (tertiary/aromatic N) is 3. The first-order chi connectivity index (χ1) is 19.6. The van der Waals surface area contributed by atoms with Crippen molar-refractivity contribution in [3.8, 4) is 33.8 Å². The Morgan fingerprint density at radius 1 is 0.951 bits per heavy atom. The van der Waals surface area contributed by atoms with E-state index in [9.17, 15) is 12.8 Å². The number of benzene rings is 2. The highest BCUT2D eigenvalue weighted by Gasteiger charge is 2.16. The highest BCUT2D eigenvalue weighted by atomic mass is 32.2. The number of nitrogens with one attached hydrogen (secondary N) is 4. The number of aromatic nitrogens is 5. The predicted octanol–water partition coefficient (Wildman–Crippen LogP) is 5.84. The molecule has 4 aromatic heterocycles. The van der Waals surface area contributed by atoms with Gasteiger partial charge in [0.1, 0.15) is 11.5 Å². The molecule has 4 heterocycles. The highest BCUT2D eigenvalue weighted by Crippen LogP contribution is 2.35. The van der Waals surface area contributed by atoms with Gasteiger partial charge in [0.05, 0.1) is 35.0 Å². The average molecular weight is 570 g/mol. The second-order valence-electron chi connectivity index (χ2n) is 10.3. The summed E-state index contributed by atoms with van der Waals surface area (Å²) in [4.78, 5) is 12.4. The van der Waals surface area contributed by atoms with Crippen LogP contribution in [-0.2, 0) is 16.6 Å². The first-order valence-corrected chi connectivity index (χ1v) is 14.9. The number of sulfonamides is 1. The lowest BCUT2D eigenvalue weighted by Gasteiger charge is -2.10. The van der Waals surface area contributed by atoms with Gasteiger partial charge in [-0.1, -0.05) is 12.1 Å². The molecule has 11 heteroatoms. The van der Waals surface area contributed by atoms with Crippen LogP contribution in [0.4, 0.5) is 10.1 Å². The summed E-state index contributed by atoms with van der Waals surface area (Å²) in [5.74, 6) is -0.443. The zero-order valence-corrected chi connectivity index (χ0v) is 23.5. The number of halogens is 1. The van der Waals surface area contributed by atoms with Crippen LogP contribution in [0.15, 0.2) is 73.2 Å². The smallest absolute Gasteiger partial charge is 0.209 e. The summed E-state index contributed by atoms with van der Waals surface area (Å²) >= 11 is 0. The number of aromatic amines is 2. The van der Waals surface area contributed by atoms with Crippen molar-refractivity contribution in [3.05, 3.63) is 84.6 Å². The van der Waals surface area contributed by atoms with Crippen molar-refractivity contribution in [1.82, 2.24) is 29.9 Å². The Labute approximate surface area is 236 Å². The number of hydrogen-bond acceptors (Lipinski definition) is 6. The first kappa shape index (κ1) is 26.6. The third kappa shape index (κ3) is 5.67. The molecule has 6 aromatic rings. The molecular weight excluding hydrogens is 541 g/mol. The Morgan fingerprint density at radius 2 is 1.80 bits per heavy atom. The molecule has 2 aromatic carbocycles. The lowest BCUT2D eigenvalue weighted by Crippen LogP contribution is -2.21. The molecule has 0 saturated heterocycles. The molecule has 9 nitrogen and oxygen atoms in total. The van der Waals surface area contributed by atoms with Gasteiger partial charge in [0.25, 0.3) is 0 Å². The number of hydrogen-bond donors (Lipinski definition) is 4. The maximum atomic E-state index is 14.6. The van der Waals surface area contributed by atoms with Crippen molar-refractivity contribution in [2.45, 2.75) is 26.4 Å². The van der Waals surface area contributed by atoms with E-state index in [2.05, 4.69) is 49.0 Å². The van der Waals surface area contributed by atoms with Crippen molar-refractivity contribution < 1.29 is 12.8 Å². The van der Waals surface area contributed by atoms with Gasteiger partial charge in [0, 0.05) is 46.8 Å². The van der Waals surface area contributed by atoms with Crippen LogP contribution in [0.1, 0.15) is 19.4 Å². The summed E-state index contributed by atoms with van der Waals surface area (Å²) in [7, 11) is -3.41. The number of anilines is 1. The molecule has 0 aliphatic heterocycles. The van der Waals surface area contributed by atoms with E-state index in [0.29, 0.717) is 11.1 Å². The summed E-state index contributed by atoms with van der Waals surface area (Å²) in [5, 5.41) is 12.8. The molecule has 0 aliphatic rings. The second kappa shape index (κ2) is 10.4. The number of H-pyrrole nitrogens is 2. The predicted molar refractivity (Wildman–Crippen MR) is 160 cm³/mol. The highest BCUT2D eigenvalue weighted by molar-refractivity contribution is 7.88. The Balaban J connectivity index is 1.40. The van der Waals surface area contributed by atoms with Crippen LogP contribution in [-0.4, -0.2) is 45.9 Å². The quantitative estimate of drug-likeness (QED) is 0.182. The van der Waals surface area contributed by atoms with E-state index in [1.54, 1.807) is 24.7 Å². The average Bonchev–Trinajstić information content (AvgIpc) is 3.54. The lowest BCUT2D eigenvalue weighted by atomic mass is 9.99. The summed E-state index contributed by atoms with van der Waals surface area (Å²) in [5.41, 5.74) is 7.73. The van der Waals surface area contributed by atoms with Crippen molar-refractivity contribution in [2.75, 3.05) is 11.6 Å². The number of pyridine rings is 2. The van der Waals surface area contributed by atoms with Crippen LogP contribution in [0.5, 0.6) is 0 Å². The van der Waals surface area contributed by atoms with Gasteiger partial charge < -0.3 is 10.3 Å². The molecule has 0 fully saturated rings. The second-order valence-corrected chi connectivity index (χ2v) is 12.2. The maximum absolute atomic E-state index is 14.6. The minimum atomic E-state index is -3.41. The minimum absolute atomic E-state index is 0.000451. The van der Waals surface area contributed by atoms with Gasteiger partial charge in [-0.25, -0.2) is 17.5 Å². The summed E-state index contributed by atoms with van der Waals surface area (Å²) < 4.78 is 40.1. The molecule has 0 radical (unpaired) electrons. The third-order valence-electron chi connectivity index (χ3n) is 6.66. The molecule has 0 saturated carbocycles. The van der Waals surface area contributed by atoms with Gasteiger partial charge >= 0.3 is 0 Å². The summed E-state index contributed by atoms with van der Waals surface area (Å²) in [6.07, 6.45) is 6.41. The van der Waals surface area contributed by atoms with Crippen LogP contribution in [0, 0.1) is 5.82 Å². The molecule has 0 bridgehead atoms. The van der Waals surface area contributed by atoms with Crippen LogP contribution in [0.25, 0.3) is 55.6 Å². The molecule has 0 unspecified atom stereocenters. The maximum Gasteiger partial charge on any atom is 0.209 e. The van der Waals surface area contributed by atoms with E-state index in [-0.39, 0.29) is 12.6 Å². The van der Waals surface area contributed by atoms with E-state index in [1.807, 2.05) is 36.4 Å². The van der Waals surface area contributed by atoms with Gasteiger partial charge in [0.2, 0.25) is 10.0 Å². The van der Waals surface area contributed by atoms with Crippen molar-refractivity contribution in [3.63, 3.8) is 0 Å². The molecule has 0 atom stereocenters. The van der Waals surface area contributed by atoms with Crippen LogP contribution >= 0.6 is 0 Å². The third-order valence-corrected chi connectivity index (χ3v) is 7.33. The van der Waals surface area contributed by atoms with Gasteiger partial charge in [-0.05, 0) is 73.0 Å². The standard InChI is InChI=1S/C30H28FN7O2S/c1-17(2)35-22-10-20(14-32-15-22)27-12-25-29(16-33-27)37-38-30(25)28-11-24-23(5-4-6-26(24)36-28)19-7-18(8-21(31)9-19)13-34-41(3,39)40/h4-12,14-17,34-36H,13H2,1-3H3,(H,37,38). The Kier molecular flexibility index (Phi) is 6.76. The summed E-state index contributed by atoms with van der Waals surface area (Å²) in [6.45, 7) is 4.15. The van der Waals surface area contributed by atoms with E-state index < -0.39 is 15.8 Å². The zero-order valence-electron chi connectivity index (χ0n) is 22.7. The SMILES string of the molecule is CC(C)Nc1cncc(-c2cc3c(-c4cc5c(-c6cc(F)cc(CNS(C)(=O)=O)c6)cccc5[nH]4)n[nH]c3cn2)c1. The topological polar surface area (TPSA) is 128 Å². The fourth-order valence-corrected chi connectivity index (χ4v) is 5.36. The monoisotopic (exact) mass is 569 g/mol. The normalized spacial score (nSPS) is 12.0. The number of fused-ring (bicyclic) bond motifs is 2. The van der Waals surface area contributed by atoms with Gasteiger partial charge in [-0.15, -0.1) is 0 Å². The fraction of sp³-hybridized carbons (Fsp3) is 0.167. The van der Waals surface area contributed by atoms with Crippen LogP contribution in [0.2, 0.25) is 0 Å². The number of rotatable bonds is 8. The first-order valence-electron chi connectivity index (χ1n) is 13.1. The largest absolute Gasteiger partial charge is 0.382 e. The van der Waals surface area contributed by atoms with Gasteiger partial charge in [-0.2, -0.15) is 5.10 Å². The molecule has 0 spiro atoms. The van der Waals surface area contributed by atoms with Gasteiger partial charge in [-0.3, -0.25) is 15.1 Å². The van der Waals surface area contributed by atoms with E-state index in [1.165, 1.54) is 12.1 Å². The Bertz CT molecular complexity index is 2010. The van der Waals surface area contributed by atoms with Crippen LogP contribution < -0.4 is 10.0 Å². The van der Waals surface area contributed by atoms with E-state index >= 15 is 0 Å². The molecule has 208 valence electrons. The van der Waals surface area contributed by atoms with Crippen molar-refractivity contribution in [2.24, 2.45) is 0 Å². The van der Waals surface area contributed by atoms with Gasteiger partial charge in [0.15, 0.2) is 0 Å². The minimum Gasteiger partial charge on any atom is -0.382 e. The van der Waals surface area contributed by atoms with Crippen molar-refractivity contribution >= 4 is 37.5 Å². The van der Waals surface area contributed by atoms with Crippen LogP contribution in [0.3, 0.4) is 0 Å². The molecule has 41 heavy (non-hydrogen) atoms. The molecule has 4 N–H and O–H groups in total. The fourth-order valence-electron chi connectivity index (χ4n) is 4.93. The van der Waals surface area contributed by atoms with E-state index in [4.69, 9.17) is 0 Å². The molecular formula is C30H28FN7O2S. The molecule has 0 amide bonds. The lowest BCUT2D eigenvalue weighted by molar-refractivity contribution is 0.586. The Hall–Kier alpha value is -4.61. The Morgan fingerprint density at radius 3 is 2.61 bits per heavy atom. The molecule has 6 rings (SSSR count). The molecule has 0 aliphatic carbocycles. The van der Waals surface area contributed by atoms with E-state index in [0.717, 1.165) is 62.0 Å². The summed E-state index contributed by atoms with van der Waals surface area (Å²) in [6, 6.07) is 16.6.